The van der Waals surface area contributed by atoms with E-state index in [-0.39, 0.29) is 30.3 Å². The minimum atomic E-state index is -0.138. The van der Waals surface area contributed by atoms with Crippen LogP contribution >= 0.6 is 0 Å². The van der Waals surface area contributed by atoms with Crippen LogP contribution in [0.4, 0.5) is 0 Å². The van der Waals surface area contributed by atoms with Crippen LogP contribution in [-0.2, 0) is 0 Å². The summed E-state index contributed by atoms with van der Waals surface area (Å²) >= 11 is 0. The van der Waals surface area contributed by atoms with Crippen molar-refractivity contribution in [2.45, 2.75) is 32.9 Å². The highest BCUT2D eigenvalue weighted by molar-refractivity contribution is 5.93. The Morgan fingerprint density at radius 2 is 2.00 bits per heavy atom. The van der Waals surface area contributed by atoms with Crippen LogP contribution in [0.2, 0.25) is 0 Å². The number of aliphatic hydroxyl groups excluding tert-OH is 1. The van der Waals surface area contributed by atoms with Gasteiger partial charge in [0.2, 0.25) is 0 Å². The van der Waals surface area contributed by atoms with E-state index >= 15 is 0 Å². The monoisotopic (exact) mass is 268 g/mol. The van der Waals surface area contributed by atoms with Crippen molar-refractivity contribution in [2.24, 2.45) is 0 Å². The molecule has 0 spiro atoms. The van der Waals surface area contributed by atoms with Crippen molar-refractivity contribution in [3.05, 3.63) is 11.4 Å². The summed E-state index contributed by atoms with van der Waals surface area (Å²) in [5.41, 5.74) is 0.804. The molecule has 106 valence electrons. The molecule has 7 nitrogen and oxygen atoms in total. The Balaban J connectivity index is 2.08. The number of hydrogen-bond donors (Lipinski definition) is 1. The quantitative estimate of drug-likeness (QED) is 0.824. The zero-order chi connectivity index (χ0) is 14.0. The van der Waals surface area contributed by atoms with Gasteiger partial charge in [-0.2, -0.15) is 0 Å². The molecule has 1 amide bonds. The van der Waals surface area contributed by atoms with Crippen molar-refractivity contribution >= 4 is 5.91 Å². The molecule has 1 aromatic rings. The number of aryl methyl sites for hydroxylation is 1. The zero-order valence-corrected chi connectivity index (χ0v) is 11.5. The number of aromatic nitrogens is 2. The number of carbonyl (C=O) groups is 1. The second kappa shape index (κ2) is 5.66. The summed E-state index contributed by atoms with van der Waals surface area (Å²) in [6.45, 7) is 7.83. The second-order valence-electron chi connectivity index (χ2n) is 5.07. The first-order chi connectivity index (χ1) is 9.04. The summed E-state index contributed by atoms with van der Waals surface area (Å²) < 4.78 is 4.58. The van der Waals surface area contributed by atoms with Crippen LogP contribution in [0.25, 0.3) is 0 Å². The van der Waals surface area contributed by atoms with Gasteiger partial charge >= 0.3 is 0 Å². The van der Waals surface area contributed by atoms with E-state index in [4.69, 9.17) is 5.11 Å². The van der Waals surface area contributed by atoms with E-state index in [1.165, 1.54) is 0 Å². The summed E-state index contributed by atoms with van der Waals surface area (Å²) in [7, 11) is 0. The topological polar surface area (TPSA) is 82.7 Å². The average molecular weight is 268 g/mol. The number of nitrogens with zero attached hydrogens (tertiary/aromatic N) is 4. The van der Waals surface area contributed by atoms with Gasteiger partial charge in [0.15, 0.2) is 5.69 Å². The van der Waals surface area contributed by atoms with Crippen molar-refractivity contribution in [2.75, 3.05) is 26.2 Å². The number of rotatable bonds is 3. The Bertz CT molecular complexity index is 436. The number of hydrogen-bond acceptors (Lipinski definition) is 6. The predicted molar refractivity (Wildman–Crippen MR) is 67.7 cm³/mol. The van der Waals surface area contributed by atoms with E-state index in [2.05, 4.69) is 33.7 Å². The van der Waals surface area contributed by atoms with Gasteiger partial charge in [0, 0.05) is 31.7 Å². The predicted octanol–water partition coefficient (Wildman–Crippen LogP) is -0.0949. The van der Waals surface area contributed by atoms with Gasteiger partial charge in [-0.1, -0.05) is 5.16 Å². The summed E-state index contributed by atoms with van der Waals surface area (Å²) in [6, 6.07) is 0.417. The van der Waals surface area contributed by atoms with Gasteiger partial charge < -0.3 is 10.0 Å². The molecule has 0 unspecified atom stereocenters. The third-order valence-electron chi connectivity index (χ3n) is 3.60. The number of piperazine rings is 1. The summed E-state index contributed by atoms with van der Waals surface area (Å²) in [4.78, 5) is 16.3. The Morgan fingerprint density at radius 3 is 2.47 bits per heavy atom. The summed E-state index contributed by atoms with van der Waals surface area (Å²) in [5, 5.41) is 16.4. The molecule has 0 bridgehead atoms. The van der Waals surface area contributed by atoms with Gasteiger partial charge in [0.25, 0.3) is 5.91 Å². The lowest BCUT2D eigenvalue weighted by Crippen LogP contribution is -2.58. The Kier molecular flexibility index (Phi) is 4.16. The van der Waals surface area contributed by atoms with Gasteiger partial charge in [0.1, 0.15) is 5.69 Å². The minimum Gasteiger partial charge on any atom is -0.395 e. The lowest BCUT2D eigenvalue weighted by atomic mass is 10.1. The van der Waals surface area contributed by atoms with Crippen molar-refractivity contribution in [1.82, 2.24) is 20.1 Å². The number of carbonyl (C=O) groups excluding carboxylic acids is 1. The van der Waals surface area contributed by atoms with E-state index < -0.39 is 0 Å². The van der Waals surface area contributed by atoms with Crippen molar-refractivity contribution in [1.29, 1.82) is 0 Å². The average Bonchev–Trinajstić information content (AvgIpc) is 2.79. The molecule has 1 fully saturated rings. The van der Waals surface area contributed by atoms with Gasteiger partial charge in [-0.25, -0.2) is 4.63 Å². The van der Waals surface area contributed by atoms with Gasteiger partial charge in [0.05, 0.1) is 6.61 Å². The van der Waals surface area contributed by atoms with Crippen LogP contribution in [0.15, 0.2) is 4.63 Å². The van der Waals surface area contributed by atoms with Gasteiger partial charge in [-0.05, 0) is 25.9 Å². The molecule has 1 saturated heterocycles. The minimum absolute atomic E-state index is 0.134. The van der Waals surface area contributed by atoms with E-state index in [1.54, 1.807) is 11.8 Å². The fourth-order valence-corrected chi connectivity index (χ4v) is 2.65. The van der Waals surface area contributed by atoms with Crippen molar-refractivity contribution in [3.63, 3.8) is 0 Å². The first kappa shape index (κ1) is 14.0. The molecule has 0 radical (unpaired) electrons. The molecule has 2 atom stereocenters. The van der Waals surface area contributed by atoms with Crippen LogP contribution in [0.5, 0.6) is 0 Å². The summed E-state index contributed by atoms with van der Waals surface area (Å²) in [5.74, 6) is -0.138. The van der Waals surface area contributed by atoms with Crippen LogP contribution < -0.4 is 0 Å². The highest BCUT2D eigenvalue weighted by Gasteiger charge is 2.33. The standard InChI is InChI=1S/C12H20N4O3/c1-8-6-15(7-9(2)16(8)4-5-17)12(18)11-10(3)13-19-14-11/h8-9,17H,4-7H2,1-3H3/t8-,9+. The van der Waals surface area contributed by atoms with Crippen molar-refractivity contribution in [3.8, 4) is 0 Å². The molecule has 0 saturated carbocycles. The Hall–Kier alpha value is -1.47. The van der Waals surface area contributed by atoms with Crippen LogP contribution in [0.1, 0.15) is 30.0 Å². The molecule has 0 aliphatic carbocycles. The summed E-state index contributed by atoms with van der Waals surface area (Å²) in [6.07, 6.45) is 0. The van der Waals surface area contributed by atoms with Crippen LogP contribution in [0, 0.1) is 6.92 Å². The van der Waals surface area contributed by atoms with E-state index in [0.717, 1.165) is 0 Å². The number of amides is 1. The van der Waals surface area contributed by atoms with Crippen LogP contribution in [-0.4, -0.2) is 69.5 Å². The van der Waals surface area contributed by atoms with E-state index in [1.807, 2.05) is 0 Å². The molecular weight excluding hydrogens is 248 g/mol. The van der Waals surface area contributed by atoms with Crippen molar-refractivity contribution < 1.29 is 14.5 Å². The molecule has 1 N–H and O–H groups in total. The normalized spacial score (nSPS) is 24.7. The lowest BCUT2D eigenvalue weighted by molar-refractivity contribution is 0.0230. The molecule has 19 heavy (non-hydrogen) atoms. The first-order valence-corrected chi connectivity index (χ1v) is 6.49. The van der Waals surface area contributed by atoms with Gasteiger partial charge in [-0.3, -0.25) is 9.69 Å². The SMILES string of the molecule is Cc1nonc1C(=O)N1C[C@@H](C)N(CCO)[C@@H](C)C1. The highest BCUT2D eigenvalue weighted by Crippen LogP contribution is 2.17. The van der Waals surface area contributed by atoms with Crippen LogP contribution in [0.3, 0.4) is 0 Å². The molecule has 2 rings (SSSR count). The molecule has 1 aliphatic rings. The number of aliphatic hydroxyl groups is 1. The molecule has 2 heterocycles. The van der Waals surface area contributed by atoms with Gasteiger partial charge in [-0.15, -0.1) is 0 Å². The maximum atomic E-state index is 12.3. The lowest BCUT2D eigenvalue weighted by Gasteiger charge is -2.44. The molecular formula is C12H20N4O3. The maximum absolute atomic E-state index is 12.3. The molecule has 0 aromatic carbocycles. The molecule has 7 heteroatoms. The number of β-amino-alcohol motifs (C(OH)–C–C–N with tert-alkyl or cyclic N) is 1. The molecule has 1 aliphatic heterocycles. The largest absolute Gasteiger partial charge is 0.395 e. The Labute approximate surface area is 112 Å². The maximum Gasteiger partial charge on any atom is 0.278 e. The highest BCUT2D eigenvalue weighted by atomic mass is 16.6. The fourth-order valence-electron chi connectivity index (χ4n) is 2.65. The second-order valence-corrected chi connectivity index (χ2v) is 5.07. The van der Waals surface area contributed by atoms with E-state index in [0.29, 0.717) is 25.3 Å². The van der Waals surface area contributed by atoms with E-state index in [9.17, 15) is 4.79 Å². The molecule has 1 aromatic heterocycles. The Morgan fingerprint density at radius 1 is 1.37 bits per heavy atom. The fraction of sp³-hybridized carbons (Fsp3) is 0.750. The smallest absolute Gasteiger partial charge is 0.278 e. The zero-order valence-electron chi connectivity index (χ0n) is 11.5. The third-order valence-corrected chi connectivity index (χ3v) is 3.60. The third kappa shape index (κ3) is 2.76. The first-order valence-electron chi connectivity index (χ1n) is 6.49.